The van der Waals surface area contributed by atoms with Gasteiger partial charge < -0.3 is 15.7 Å². The first-order chi connectivity index (χ1) is 10.6. The summed E-state index contributed by atoms with van der Waals surface area (Å²) < 4.78 is 0. The lowest BCUT2D eigenvalue weighted by molar-refractivity contribution is 0.0655. The summed E-state index contributed by atoms with van der Waals surface area (Å²) >= 11 is 1.54. The standard InChI is InChI=1S/C16H22N4OS.HI/c1-3-17-15(19-11-13-7-4-5-9-18-13)20-12-16(2,21)14-8-6-10-22-14;/h4-10,21H,3,11-12H2,1-2H3,(H2,17,19,20);1H. The molecule has 0 aromatic carbocycles. The molecule has 1 unspecified atom stereocenters. The van der Waals surface area contributed by atoms with E-state index in [1.807, 2.05) is 42.6 Å². The van der Waals surface area contributed by atoms with Gasteiger partial charge in [0, 0.05) is 17.6 Å². The van der Waals surface area contributed by atoms with Crippen LogP contribution < -0.4 is 10.6 Å². The number of pyridine rings is 1. The van der Waals surface area contributed by atoms with Gasteiger partial charge in [0.15, 0.2) is 5.96 Å². The Balaban J connectivity index is 0.00000264. The molecule has 2 aromatic rings. The highest BCUT2D eigenvalue weighted by atomic mass is 127. The first-order valence-electron chi connectivity index (χ1n) is 7.30. The fraction of sp³-hybridized carbons (Fsp3) is 0.375. The molecule has 2 aromatic heterocycles. The molecule has 0 saturated carbocycles. The molecule has 0 aliphatic carbocycles. The molecule has 0 fully saturated rings. The second-order valence-corrected chi connectivity index (χ2v) is 6.07. The average Bonchev–Trinajstić information content (AvgIpc) is 3.06. The van der Waals surface area contributed by atoms with Crippen molar-refractivity contribution in [2.24, 2.45) is 4.99 Å². The van der Waals surface area contributed by atoms with E-state index in [4.69, 9.17) is 0 Å². The number of aliphatic imine (C=N–C) groups is 1. The Hall–Kier alpha value is -1.19. The number of aromatic nitrogens is 1. The van der Waals surface area contributed by atoms with Crippen LogP contribution in [0.5, 0.6) is 0 Å². The smallest absolute Gasteiger partial charge is 0.191 e. The molecule has 3 N–H and O–H groups in total. The molecule has 5 nitrogen and oxygen atoms in total. The lowest BCUT2D eigenvalue weighted by atomic mass is 10.1. The van der Waals surface area contributed by atoms with Gasteiger partial charge in [-0.3, -0.25) is 4.98 Å². The fourth-order valence-corrected chi connectivity index (χ4v) is 2.71. The van der Waals surface area contributed by atoms with Crippen LogP contribution in [-0.2, 0) is 12.1 Å². The number of hydrogen-bond donors (Lipinski definition) is 3. The van der Waals surface area contributed by atoms with Gasteiger partial charge >= 0.3 is 0 Å². The zero-order valence-electron chi connectivity index (χ0n) is 13.3. The number of guanidine groups is 1. The average molecular weight is 446 g/mol. The van der Waals surface area contributed by atoms with E-state index in [2.05, 4.69) is 20.6 Å². The van der Waals surface area contributed by atoms with Crippen molar-refractivity contribution in [3.63, 3.8) is 0 Å². The predicted molar refractivity (Wildman–Crippen MR) is 106 cm³/mol. The summed E-state index contributed by atoms with van der Waals surface area (Å²) in [6.07, 6.45) is 1.76. The summed E-state index contributed by atoms with van der Waals surface area (Å²) in [6.45, 7) is 5.46. The van der Waals surface area contributed by atoms with Crippen LogP contribution in [0.25, 0.3) is 0 Å². The highest BCUT2D eigenvalue weighted by molar-refractivity contribution is 14.0. The van der Waals surface area contributed by atoms with Crippen molar-refractivity contribution < 1.29 is 5.11 Å². The lowest BCUT2D eigenvalue weighted by Crippen LogP contribution is -2.44. The van der Waals surface area contributed by atoms with Gasteiger partial charge in [-0.1, -0.05) is 12.1 Å². The maximum absolute atomic E-state index is 10.5. The van der Waals surface area contributed by atoms with Crippen molar-refractivity contribution in [1.29, 1.82) is 0 Å². The van der Waals surface area contributed by atoms with E-state index in [1.165, 1.54) is 0 Å². The third kappa shape index (κ3) is 6.44. The van der Waals surface area contributed by atoms with Crippen LogP contribution in [0, 0.1) is 0 Å². The first kappa shape index (κ1) is 19.9. The Morgan fingerprint density at radius 1 is 1.30 bits per heavy atom. The van der Waals surface area contributed by atoms with Crippen molar-refractivity contribution in [1.82, 2.24) is 15.6 Å². The Bertz CT molecular complexity index is 587. The number of nitrogens with zero attached hydrogens (tertiary/aromatic N) is 2. The van der Waals surface area contributed by atoms with Gasteiger partial charge in [-0.15, -0.1) is 35.3 Å². The van der Waals surface area contributed by atoms with E-state index in [0.29, 0.717) is 19.0 Å². The molecule has 2 heterocycles. The number of halogens is 1. The zero-order valence-corrected chi connectivity index (χ0v) is 16.5. The molecule has 0 aliphatic rings. The molecule has 7 heteroatoms. The van der Waals surface area contributed by atoms with Crippen LogP contribution in [0.2, 0.25) is 0 Å². The lowest BCUT2D eigenvalue weighted by Gasteiger charge is -2.23. The van der Waals surface area contributed by atoms with E-state index in [1.54, 1.807) is 24.5 Å². The summed E-state index contributed by atoms with van der Waals surface area (Å²) in [5.74, 6) is 0.671. The Labute approximate surface area is 158 Å². The van der Waals surface area contributed by atoms with Crippen LogP contribution in [0.4, 0.5) is 0 Å². The van der Waals surface area contributed by atoms with Gasteiger partial charge in [0.2, 0.25) is 0 Å². The molecule has 126 valence electrons. The molecule has 1 atom stereocenters. The van der Waals surface area contributed by atoms with Crippen molar-refractivity contribution in [2.75, 3.05) is 13.1 Å². The van der Waals surface area contributed by atoms with Crippen LogP contribution in [0.15, 0.2) is 46.9 Å². The van der Waals surface area contributed by atoms with Gasteiger partial charge in [0.25, 0.3) is 0 Å². The highest BCUT2D eigenvalue weighted by Crippen LogP contribution is 2.24. The van der Waals surface area contributed by atoms with Crippen molar-refractivity contribution >= 4 is 41.3 Å². The Morgan fingerprint density at radius 2 is 2.13 bits per heavy atom. The van der Waals surface area contributed by atoms with Crippen molar-refractivity contribution in [3.8, 4) is 0 Å². The van der Waals surface area contributed by atoms with E-state index < -0.39 is 5.60 Å². The molecule has 0 bridgehead atoms. The molecule has 2 rings (SSSR count). The number of nitrogens with one attached hydrogen (secondary N) is 2. The van der Waals surface area contributed by atoms with Gasteiger partial charge in [0.1, 0.15) is 5.60 Å². The first-order valence-corrected chi connectivity index (χ1v) is 8.18. The maximum atomic E-state index is 10.5. The molecular formula is C16H23IN4OS. The molecular weight excluding hydrogens is 423 g/mol. The van der Waals surface area contributed by atoms with Crippen molar-refractivity contribution in [3.05, 3.63) is 52.5 Å². The van der Waals surface area contributed by atoms with Crippen LogP contribution in [-0.4, -0.2) is 29.1 Å². The maximum Gasteiger partial charge on any atom is 0.191 e. The summed E-state index contributed by atoms with van der Waals surface area (Å²) in [4.78, 5) is 9.67. The van der Waals surface area contributed by atoms with Crippen LogP contribution in [0.1, 0.15) is 24.4 Å². The van der Waals surface area contributed by atoms with Gasteiger partial charge in [-0.25, -0.2) is 4.99 Å². The number of rotatable bonds is 6. The molecule has 0 spiro atoms. The van der Waals surface area contributed by atoms with Crippen LogP contribution >= 0.6 is 35.3 Å². The SMILES string of the molecule is CCNC(=NCc1ccccn1)NCC(C)(O)c1cccs1.I. The van der Waals surface area contributed by atoms with Crippen LogP contribution in [0.3, 0.4) is 0 Å². The zero-order chi connectivity index (χ0) is 15.8. The number of aliphatic hydroxyl groups is 1. The van der Waals surface area contributed by atoms with E-state index in [-0.39, 0.29) is 24.0 Å². The molecule has 0 amide bonds. The third-order valence-corrected chi connectivity index (χ3v) is 4.24. The fourth-order valence-electron chi connectivity index (χ4n) is 1.92. The Morgan fingerprint density at radius 3 is 2.74 bits per heavy atom. The second-order valence-electron chi connectivity index (χ2n) is 5.12. The van der Waals surface area contributed by atoms with E-state index >= 15 is 0 Å². The van der Waals surface area contributed by atoms with E-state index in [0.717, 1.165) is 17.1 Å². The number of hydrogen-bond acceptors (Lipinski definition) is 4. The van der Waals surface area contributed by atoms with Crippen molar-refractivity contribution in [2.45, 2.75) is 26.0 Å². The quantitative estimate of drug-likeness (QED) is 0.363. The number of thiophene rings is 1. The normalized spacial score (nSPS) is 13.8. The minimum atomic E-state index is -0.921. The third-order valence-electron chi connectivity index (χ3n) is 3.12. The summed E-state index contributed by atoms with van der Waals surface area (Å²) in [6, 6.07) is 9.64. The van der Waals surface area contributed by atoms with E-state index in [9.17, 15) is 5.11 Å². The minimum Gasteiger partial charge on any atom is -0.383 e. The largest absolute Gasteiger partial charge is 0.383 e. The topological polar surface area (TPSA) is 69.5 Å². The molecule has 0 aliphatic heterocycles. The summed E-state index contributed by atoms with van der Waals surface area (Å²) in [5.41, 5.74) is -0.0141. The highest BCUT2D eigenvalue weighted by Gasteiger charge is 2.24. The van der Waals surface area contributed by atoms with Gasteiger partial charge in [0.05, 0.1) is 18.8 Å². The van der Waals surface area contributed by atoms with Gasteiger partial charge in [-0.05, 0) is 37.4 Å². The molecule has 0 radical (unpaired) electrons. The molecule has 23 heavy (non-hydrogen) atoms. The summed E-state index contributed by atoms with van der Waals surface area (Å²) in [5, 5.41) is 18.9. The monoisotopic (exact) mass is 446 g/mol. The second kappa shape index (κ2) is 9.84. The molecule has 0 saturated heterocycles. The van der Waals surface area contributed by atoms with Gasteiger partial charge in [-0.2, -0.15) is 0 Å². The summed E-state index contributed by atoms with van der Waals surface area (Å²) in [7, 11) is 0. The Kier molecular flexibility index (Phi) is 8.49. The predicted octanol–water partition coefficient (Wildman–Crippen LogP) is 2.72. The minimum absolute atomic E-state index is 0.